The number of rotatable bonds is 1. The van der Waals surface area contributed by atoms with Crippen LogP contribution in [0.15, 0.2) is 22.5 Å². The van der Waals surface area contributed by atoms with E-state index in [1.54, 1.807) is 6.92 Å². The molecular formula is C16H16N2O4. The number of aromatic nitrogens is 1. The molecule has 0 fully saturated rings. The van der Waals surface area contributed by atoms with E-state index in [1.165, 1.54) is 24.1 Å². The number of aryl methyl sites for hydroxylation is 1. The van der Waals surface area contributed by atoms with Crippen molar-refractivity contribution in [2.24, 2.45) is 5.92 Å². The van der Waals surface area contributed by atoms with E-state index < -0.39 is 17.5 Å². The van der Waals surface area contributed by atoms with Crippen molar-refractivity contribution >= 4 is 17.5 Å². The summed E-state index contributed by atoms with van der Waals surface area (Å²) in [4.78, 5) is 53.1. The third-order valence-corrected chi connectivity index (χ3v) is 4.47. The van der Waals surface area contributed by atoms with Crippen LogP contribution in [0.5, 0.6) is 0 Å². The fraction of sp³-hybridized carbons (Fsp3) is 0.375. The number of H-pyrrole nitrogens is 1. The summed E-state index contributed by atoms with van der Waals surface area (Å²) >= 11 is 0. The molecule has 0 bridgehead atoms. The van der Waals surface area contributed by atoms with E-state index in [4.69, 9.17) is 0 Å². The van der Waals surface area contributed by atoms with E-state index >= 15 is 0 Å². The van der Waals surface area contributed by atoms with Gasteiger partial charge in [-0.1, -0.05) is 12.5 Å². The molecule has 2 atom stereocenters. The summed E-state index contributed by atoms with van der Waals surface area (Å²) in [6.07, 6.45) is 1.88. The first kappa shape index (κ1) is 14.4. The Kier molecular flexibility index (Phi) is 3.12. The summed E-state index contributed by atoms with van der Waals surface area (Å²) in [6.45, 7) is 3.52. The van der Waals surface area contributed by atoms with Crippen molar-refractivity contribution < 1.29 is 14.4 Å². The summed E-state index contributed by atoms with van der Waals surface area (Å²) in [6, 6.07) is 0.487. The summed E-state index contributed by atoms with van der Waals surface area (Å²) in [5.74, 6) is -1.56. The number of carbonyl (C=O) groups is 3. The van der Waals surface area contributed by atoms with Gasteiger partial charge in [0.1, 0.15) is 6.04 Å². The zero-order chi connectivity index (χ0) is 16.2. The highest BCUT2D eigenvalue weighted by Gasteiger charge is 2.48. The maximum atomic E-state index is 12.9. The van der Waals surface area contributed by atoms with Crippen molar-refractivity contribution in [1.82, 2.24) is 9.88 Å². The predicted octanol–water partition coefficient (Wildman–Crippen LogP) is 0.719. The van der Waals surface area contributed by atoms with E-state index in [9.17, 15) is 19.2 Å². The average Bonchev–Trinajstić information content (AvgIpc) is 2.47. The molecule has 1 aliphatic carbocycles. The minimum atomic E-state index is -0.875. The minimum absolute atomic E-state index is 0.0324. The molecule has 6 nitrogen and oxygen atoms in total. The van der Waals surface area contributed by atoms with Gasteiger partial charge in [-0.15, -0.1) is 0 Å². The second-order valence-electron chi connectivity index (χ2n) is 5.75. The molecule has 1 amide bonds. The molecule has 0 spiro atoms. The topological polar surface area (TPSA) is 87.3 Å². The molecule has 1 aliphatic heterocycles. The van der Waals surface area contributed by atoms with Gasteiger partial charge in [0.15, 0.2) is 5.78 Å². The summed E-state index contributed by atoms with van der Waals surface area (Å²) in [5, 5.41) is 0. The first-order valence-electron chi connectivity index (χ1n) is 7.16. The van der Waals surface area contributed by atoms with E-state index in [0.717, 1.165) is 0 Å². The zero-order valence-electron chi connectivity index (χ0n) is 12.6. The molecule has 3 rings (SSSR count). The van der Waals surface area contributed by atoms with Gasteiger partial charge in [0.25, 0.3) is 0 Å². The molecule has 2 heterocycles. The molecular weight excluding hydrogens is 284 g/mol. The van der Waals surface area contributed by atoms with Gasteiger partial charge in [0, 0.05) is 24.8 Å². The average molecular weight is 300 g/mol. The van der Waals surface area contributed by atoms with E-state index in [2.05, 4.69) is 4.98 Å². The molecule has 2 unspecified atom stereocenters. The molecule has 0 aromatic carbocycles. The number of carbonyl (C=O) groups excluding carboxylic acids is 3. The second kappa shape index (κ2) is 4.76. The molecule has 0 saturated carbocycles. The molecule has 0 saturated heterocycles. The molecule has 2 aliphatic rings. The van der Waals surface area contributed by atoms with Gasteiger partial charge in [0.2, 0.25) is 17.2 Å². The third kappa shape index (κ3) is 1.80. The van der Waals surface area contributed by atoms with Crippen LogP contribution < -0.4 is 5.56 Å². The number of Topliss-reactive ketones (excluding diaryl/α,β-unsaturated/α-hetero) is 2. The Balaban J connectivity index is 2.30. The lowest BCUT2D eigenvalue weighted by atomic mass is 9.73. The number of nitrogens with one attached hydrogen (secondary N) is 1. The molecule has 1 N–H and O–H groups in total. The van der Waals surface area contributed by atoms with Crippen LogP contribution in [-0.2, 0) is 11.2 Å². The lowest BCUT2D eigenvalue weighted by molar-refractivity contribution is -0.127. The van der Waals surface area contributed by atoms with Crippen LogP contribution in [0.1, 0.15) is 40.3 Å². The molecule has 0 radical (unpaired) electrons. The smallest absolute Gasteiger partial charge is 0.248 e. The van der Waals surface area contributed by atoms with Crippen molar-refractivity contribution in [3.8, 4) is 0 Å². The third-order valence-electron chi connectivity index (χ3n) is 4.47. The first-order chi connectivity index (χ1) is 10.4. The number of aromatic amines is 1. The molecule has 114 valence electrons. The lowest BCUT2D eigenvalue weighted by Gasteiger charge is -2.39. The number of nitrogens with zero attached hydrogens (tertiary/aromatic N) is 1. The van der Waals surface area contributed by atoms with Gasteiger partial charge in [-0.05, 0) is 18.9 Å². The number of amides is 1. The van der Waals surface area contributed by atoms with Crippen LogP contribution in [0.25, 0.3) is 0 Å². The van der Waals surface area contributed by atoms with Gasteiger partial charge in [-0.3, -0.25) is 19.2 Å². The number of ketones is 2. The summed E-state index contributed by atoms with van der Waals surface area (Å²) < 4.78 is 0. The molecule has 1 aromatic heterocycles. The van der Waals surface area contributed by atoms with Crippen molar-refractivity contribution in [2.45, 2.75) is 26.3 Å². The quantitative estimate of drug-likeness (QED) is 0.828. The number of hydrogen-bond donors (Lipinski definition) is 1. The Morgan fingerprint density at radius 1 is 1.18 bits per heavy atom. The summed E-state index contributed by atoms with van der Waals surface area (Å²) in [7, 11) is 1.50. The fourth-order valence-corrected chi connectivity index (χ4v) is 3.33. The highest BCUT2D eigenvalue weighted by Crippen LogP contribution is 2.35. The van der Waals surface area contributed by atoms with Crippen molar-refractivity contribution in [3.05, 3.63) is 44.9 Å². The van der Waals surface area contributed by atoms with Gasteiger partial charge in [-0.2, -0.15) is 0 Å². The first-order valence-corrected chi connectivity index (χ1v) is 7.16. The van der Waals surface area contributed by atoms with Gasteiger partial charge < -0.3 is 9.88 Å². The maximum absolute atomic E-state index is 12.9. The van der Waals surface area contributed by atoms with Crippen LogP contribution in [0.4, 0.5) is 0 Å². The maximum Gasteiger partial charge on any atom is 0.248 e. The molecule has 22 heavy (non-hydrogen) atoms. The number of hydrogen-bond acceptors (Lipinski definition) is 4. The van der Waals surface area contributed by atoms with E-state index in [1.807, 2.05) is 6.92 Å². The largest absolute Gasteiger partial charge is 0.331 e. The molecule has 1 aromatic rings. The van der Waals surface area contributed by atoms with Crippen molar-refractivity contribution in [3.63, 3.8) is 0 Å². The van der Waals surface area contributed by atoms with Crippen molar-refractivity contribution in [2.75, 3.05) is 7.05 Å². The highest BCUT2D eigenvalue weighted by atomic mass is 16.2. The number of fused-ring (bicyclic) bond motifs is 2. The standard InChI is InChI=1S/C16H16N2O4/c1-4-8-6-9(19)17-13-12(8)15(21)11-7(2)5-10(20)18(3)14(11)16(13)22/h5-6,11,14H,4H2,1-3H3,(H,17,19). The Bertz CT molecular complexity index is 803. The van der Waals surface area contributed by atoms with Crippen LogP contribution in [0.2, 0.25) is 0 Å². The van der Waals surface area contributed by atoms with E-state index in [0.29, 0.717) is 23.1 Å². The second-order valence-corrected chi connectivity index (χ2v) is 5.75. The molecule has 6 heteroatoms. The van der Waals surface area contributed by atoms with Crippen molar-refractivity contribution in [1.29, 1.82) is 0 Å². The monoisotopic (exact) mass is 300 g/mol. The number of pyridine rings is 1. The Labute approximate surface area is 126 Å². The Hall–Kier alpha value is -2.50. The Morgan fingerprint density at radius 2 is 1.86 bits per heavy atom. The van der Waals surface area contributed by atoms with E-state index in [-0.39, 0.29) is 23.2 Å². The highest BCUT2D eigenvalue weighted by molar-refractivity contribution is 6.20. The van der Waals surface area contributed by atoms with Gasteiger partial charge >= 0.3 is 0 Å². The minimum Gasteiger partial charge on any atom is -0.331 e. The number of likely N-dealkylation sites (N-methyl/N-ethyl adjacent to an activating group) is 1. The van der Waals surface area contributed by atoms with Crippen LogP contribution in [0, 0.1) is 5.92 Å². The van der Waals surface area contributed by atoms with Crippen LogP contribution in [-0.4, -0.2) is 40.4 Å². The zero-order valence-corrected chi connectivity index (χ0v) is 12.6. The predicted molar refractivity (Wildman–Crippen MR) is 78.9 cm³/mol. The summed E-state index contributed by atoms with van der Waals surface area (Å²) in [5.41, 5.74) is 1.08. The lowest BCUT2D eigenvalue weighted by Crippen LogP contribution is -2.55. The normalized spacial score (nSPS) is 24.0. The van der Waals surface area contributed by atoms with Gasteiger partial charge in [-0.25, -0.2) is 0 Å². The Morgan fingerprint density at radius 3 is 2.50 bits per heavy atom. The van der Waals surface area contributed by atoms with Crippen LogP contribution >= 0.6 is 0 Å². The fourth-order valence-electron chi connectivity index (χ4n) is 3.33. The van der Waals surface area contributed by atoms with Gasteiger partial charge in [0.05, 0.1) is 11.6 Å². The SMILES string of the molecule is CCc1cc(=O)[nH]c2c1C(=O)C1C(C)=CC(=O)N(C)C1C2=O. The van der Waals surface area contributed by atoms with Crippen LogP contribution in [0.3, 0.4) is 0 Å².